The van der Waals surface area contributed by atoms with Gasteiger partial charge in [0.25, 0.3) is 0 Å². The molecule has 0 aliphatic carbocycles. The van der Waals surface area contributed by atoms with Gasteiger partial charge in [0.2, 0.25) is 0 Å². The Morgan fingerprint density at radius 1 is 1.23 bits per heavy atom. The summed E-state index contributed by atoms with van der Waals surface area (Å²) in [5.74, 6) is -0.508. The number of anilines is 1. The first-order valence-corrected chi connectivity index (χ1v) is 7.94. The Labute approximate surface area is 132 Å². The third-order valence-corrected chi connectivity index (χ3v) is 3.82. The number of nitrogens with one attached hydrogen (secondary N) is 2. The number of hydrogen-bond donors (Lipinski definition) is 3. The predicted octanol–water partition coefficient (Wildman–Crippen LogP) is 3.40. The lowest BCUT2D eigenvalue weighted by Crippen LogP contribution is -2.32. The molecule has 1 unspecified atom stereocenters. The number of aliphatic hydroxyl groups excluding tert-OH is 1. The molecule has 0 bridgehead atoms. The molecule has 0 heterocycles. The third kappa shape index (κ3) is 4.47. The van der Waals surface area contributed by atoms with Crippen molar-refractivity contribution >= 4 is 23.5 Å². The number of rotatable bonds is 5. The van der Waals surface area contributed by atoms with Gasteiger partial charge in [-0.2, -0.15) is 0 Å². The first kappa shape index (κ1) is 16.3. The number of thioether (sulfide) groups is 1. The van der Waals surface area contributed by atoms with Crippen LogP contribution < -0.4 is 10.6 Å². The van der Waals surface area contributed by atoms with E-state index in [1.807, 2.05) is 30.5 Å². The van der Waals surface area contributed by atoms with Crippen LogP contribution in [0.2, 0.25) is 0 Å². The van der Waals surface area contributed by atoms with Crippen LogP contribution in [0.25, 0.3) is 0 Å². The second-order valence-electron chi connectivity index (χ2n) is 4.60. The number of aliphatic hydroxyl groups is 1. The van der Waals surface area contributed by atoms with Crippen LogP contribution in [0.4, 0.5) is 14.9 Å². The van der Waals surface area contributed by atoms with E-state index in [0.717, 1.165) is 4.90 Å². The van der Waals surface area contributed by atoms with E-state index < -0.39 is 18.0 Å². The molecule has 0 radical (unpaired) electrons. The van der Waals surface area contributed by atoms with Crippen molar-refractivity contribution in [2.45, 2.75) is 11.0 Å². The smallest absolute Gasteiger partial charge is 0.319 e. The molecule has 2 aromatic rings. The highest BCUT2D eigenvalue weighted by Crippen LogP contribution is 2.18. The van der Waals surface area contributed by atoms with E-state index in [4.69, 9.17) is 0 Å². The minimum absolute atomic E-state index is 0.0406. The van der Waals surface area contributed by atoms with Crippen LogP contribution in [0.15, 0.2) is 53.4 Å². The topological polar surface area (TPSA) is 61.4 Å². The molecule has 0 saturated heterocycles. The lowest BCUT2D eigenvalue weighted by Gasteiger charge is -2.13. The van der Waals surface area contributed by atoms with Gasteiger partial charge in [0, 0.05) is 11.4 Å². The van der Waals surface area contributed by atoms with Crippen molar-refractivity contribution in [1.29, 1.82) is 0 Å². The summed E-state index contributed by atoms with van der Waals surface area (Å²) in [6.07, 6.45) is 1.15. The van der Waals surface area contributed by atoms with E-state index in [1.165, 1.54) is 12.1 Å². The van der Waals surface area contributed by atoms with E-state index in [0.29, 0.717) is 5.56 Å². The minimum atomic E-state index is -0.817. The summed E-state index contributed by atoms with van der Waals surface area (Å²) in [7, 11) is 0. The molecule has 4 nitrogen and oxygen atoms in total. The van der Waals surface area contributed by atoms with E-state index in [1.54, 1.807) is 23.9 Å². The fourth-order valence-electron chi connectivity index (χ4n) is 1.86. The van der Waals surface area contributed by atoms with E-state index in [9.17, 15) is 14.3 Å². The summed E-state index contributed by atoms with van der Waals surface area (Å²) in [5, 5.41) is 14.9. The second kappa shape index (κ2) is 7.82. The molecule has 2 aromatic carbocycles. The standard InChI is InChI=1S/C16H17FN2O2S/c1-22-12-8-6-11(7-9-12)15(20)10-18-16(21)19-14-5-3-2-4-13(14)17/h2-9,15,20H,10H2,1H3,(H2,18,19,21). The minimum Gasteiger partial charge on any atom is -0.387 e. The number of carbonyl (C=O) groups excluding carboxylic acids is 1. The van der Waals surface area contributed by atoms with Gasteiger partial charge >= 0.3 is 6.03 Å². The zero-order valence-electron chi connectivity index (χ0n) is 12.0. The summed E-state index contributed by atoms with van der Waals surface area (Å²) in [6.45, 7) is 0.0406. The third-order valence-electron chi connectivity index (χ3n) is 3.08. The van der Waals surface area contributed by atoms with Gasteiger partial charge in [0.05, 0.1) is 11.8 Å². The van der Waals surface area contributed by atoms with Crippen molar-refractivity contribution in [2.24, 2.45) is 0 Å². The zero-order chi connectivity index (χ0) is 15.9. The maximum Gasteiger partial charge on any atom is 0.319 e. The van der Waals surface area contributed by atoms with Gasteiger partial charge in [0.15, 0.2) is 0 Å². The molecule has 0 aliphatic rings. The van der Waals surface area contributed by atoms with Crippen LogP contribution in [-0.4, -0.2) is 23.9 Å². The normalized spacial score (nSPS) is 11.8. The second-order valence-corrected chi connectivity index (χ2v) is 5.48. The van der Waals surface area contributed by atoms with Gasteiger partial charge in [-0.05, 0) is 36.1 Å². The van der Waals surface area contributed by atoms with Crippen molar-refractivity contribution in [3.8, 4) is 0 Å². The number of amides is 2. The maximum absolute atomic E-state index is 13.4. The molecule has 22 heavy (non-hydrogen) atoms. The summed E-state index contributed by atoms with van der Waals surface area (Å²) in [6, 6.07) is 12.8. The highest BCUT2D eigenvalue weighted by atomic mass is 32.2. The summed E-state index contributed by atoms with van der Waals surface area (Å²) < 4.78 is 13.4. The largest absolute Gasteiger partial charge is 0.387 e. The highest BCUT2D eigenvalue weighted by molar-refractivity contribution is 7.98. The van der Waals surface area contributed by atoms with Crippen molar-refractivity contribution < 1.29 is 14.3 Å². The average Bonchev–Trinajstić information content (AvgIpc) is 2.55. The number of urea groups is 1. The lowest BCUT2D eigenvalue weighted by molar-refractivity contribution is 0.175. The van der Waals surface area contributed by atoms with Crippen LogP contribution in [0, 0.1) is 5.82 Å². The monoisotopic (exact) mass is 320 g/mol. The van der Waals surface area contributed by atoms with Crippen molar-refractivity contribution in [1.82, 2.24) is 5.32 Å². The number of halogens is 1. The van der Waals surface area contributed by atoms with Gasteiger partial charge in [-0.1, -0.05) is 24.3 Å². The Kier molecular flexibility index (Phi) is 5.80. The zero-order valence-corrected chi connectivity index (χ0v) is 12.9. The molecule has 2 rings (SSSR count). The molecule has 0 aromatic heterocycles. The SMILES string of the molecule is CSc1ccc(C(O)CNC(=O)Nc2ccccc2F)cc1. The lowest BCUT2D eigenvalue weighted by atomic mass is 10.1. The molecule has 0 saturated carbocycles. The fraction of sp³-hybridized carbons (Fsp3) is 0.188. The molecule has 116 valence electrons. The predicted molar refractivity (Wildman–Crippen MR) is 86.6 cm³/mol. The fourth-order valence-corrected chi connectivity index (χ4v) is 2.27. The maximum atomic E-state index is 13.4. The van der Waals surface area contributed by atoms with E-state index in [-0.39, 0.29) is 12.2 Å². The molecule has 0 spiro atoms. The van der Waals surface area contributed by atoms with Gasteiger partial charge in [-0.15, -0.1) is 11.8 Å². The van der Waals surface area contributed by atoms with Gasteiger partial charge < -0.3 is 15.7 Å². The Bertz CT molecular complexity index is 634. The number of benzene rings is 2. The van der Waals surface area contributed by atoms with Gasteiger partial charge in [-0.25, -0.2) is 9.18 Å². The van der Waals surface area contributed by atoms with Crippen LogP contribution >= 0.6 is 11.8 Å². The molecule has 3 N–H and O–H groups in total. The van der Waals surface area contributed by atoms with E-state index in [2.05, 4.69) is 10.6 Å². The number of para-hydroxylation sites is 1. The van der Waals surface area contributed by atoms with Crippen LogP contribution in [0.3, 0.4) is 0 Å². The first-order valence-electron chi connectivity index (χ1n) is 6.71. The van der Waals surface area contributed by atoms with Crippen molar-refractivity contribution in [3.63, 3.8) is 0 Å². The summed E-state index contributed by atoms with van der Waals surface area (Å²) in [5.41, 5.74) is 0.808. The molecule has 6 heteroatoms. The summed E-state index contributed by atoms with van der Waals surface area (Å²) >= 11 is 1.61. The van der Waals surface area contributed by atoms with Crippen LogP contribution in [0.1, 0.15) is 11.7 Å². The number of hydrogen-bond acceptors (Lipinski definition) is 3. The molecular weight excluding hydrogens is 303 g/mol. The van der Waals surface area contributed by atoms with E-state index >= 15 is 0 Å². The Hall–Kier alpha value is -2.05. The molecule has 0 fully saturated rings. The molecular formula is C16H17FN2O2S. The Balaban J connectivity index is 1.86. The Morgan fingerprint density at radius 2 is 1.91 bits per heavy atom. The summed E-state index contributed by atoms with van der Waals surface area (Å²) in [4.78, 5) is 12.8. The molecule has 0 aliphatic heterocycles. The molecule has 1 atom stereocenters. The average molecular weight is 320 g/mol. The Morgan fingerprint density at radius 3 is 2.55 bits per heavy atom. The van der Waals surface area contributed by atoms with Crippen LogP contribution in [0.5, 0.6) is 0 Å². The van der Waals surface area contributed by atoms with Gasteiger partial charge in [-0.3, -0.25) is 0 Å². The van der Waals surface area contributed by atoms with Crippen LogP contribution in [-0.2, 0) is 0 Å². The first-order chi connectivity index (χ1) is 10.6. The highest BCUT2D eigenvalue weighted by Gasteiger charge is 2.10. The number of carbonyl (C=O) groups is 1. The quantitative estimate of drug-likeness (QED) is 0.740. The van der Waals surface area contributed by atoms with Crippen molar-refractivity contribution in [2.75, 3.05) is 18.1 Å². The van der Waals surface area contributed by atoms with Gasteiger partial charge in [0.1, 0.15) is 5.82 Å². The molecule has 2 amide bonds. The van der Waals surface area contributed by atoms with Crippen molar-refractivity contribution in [3.05, 3.63) is 59.9 Å².